The molecule has 0 atom stereocenters. The first kappa shape index (κ1) is 22.2. The van der Waals surface area contributed by atoms with E-state index in [-0.39, 0.29) is 47.0 Å². The number of benzene rings is 2. The summed E-state index contributed by atoms with van der Waals surface area (Å²) in [6, 6.07) is 8.92. The van der Waals surface area contributed by atoms with Gasteiger partial charge in [-0.05, 0) is 38.1 Å². The van der Waals surface area contributed by atoms with Crippen LogP contribution in [0, 0.1) is 20.2 Å². The molecule has 2 aromatic rings. The Labute approximate surface area is 171 Å². The minimum atomic E-state index is -0.606. The Bertz CT molecular complexity index is 950. The zero-order valence-electron chi connectivity index (χ0n) is 16.4. The third-order valence-electron chi connectivity index (χ3n) is 4.18. The molecule has 0 aliphatic rings. The minimum absolute atomic E-state index is 0.0216. The number of hydrogen-bond donors (Lipinski definition) is 2. The summed E-state index contributed by atoms with van der Waals surface area (Å²) in [6.07, 6.45) is 3.36. The van der Waals surface area contributed by atoms with E-state index in [1.54, 1.807) is 24.3 Å². The molecule has 0 aliphatic heterocycles. The van der Waals surface area contributed by atoms with E-state index in [2.05, 4.69) is 10.6 Å². The molecule has 2 aromatic carbocycles. The Balaban J connectivity index is 2.03. The first-order valence-corrected chi connectivity index (χ1v) is 8.93. The number of rotatable bonds is 10. The SMILES string of the molecule is CC(=O)c1cccc(NC/C=C/CNc2cccc(C(C)=O)c2[N+](=O)[O-])c1[N+](=O)[O-]. The van der Waals surface area contributed by atoms with Crippen LogP contribution >= 0.6 is 0 Å². The number of para-hydroxylation sites is 2. The first-order chi connectivity index (χ1) is 14.2. The molecule has 0 heterocycles. The molecule has 0 saturated heterocycles. The van der Waals surface area contributed by atoms with Crippen LogP contribution in [0.2, 0.25) is 0 Å². The van der Waals surface area contributed by atoms with Gasteiger partial charge >= 0.3 is 11.4 Å². The summed E-state index contributed by atoms with van der Waals surface area (Å²) < 4.78 is 0. The van der Waals surface area contributed by atoms with Gasteiger partial charge < -0.3 is 10.6 Å². The summed E-state index contributed by atoms with van der Waals surface area (Å²) in [4.78, 5) is 44.6. The predicted octanol–water partition coefficient (Wildman–Crippen LogP) is 3.99. The summed E-state index contributed by atoms with van der Waals surface area (Å²) in [5.74, 6) is -0.807. The quantitative estimate of drug-likeness (QED) is 0.258. The monoisotopic (exact) mass is 412 g/mol. The topological polar surface area (TPSA) is 144 Å². The molecular formula is C20H20N4O6. The molecule has 0 aromatic heterocycles. The highest BCUT2D eigenvalue weighted by atomic mass is 16.6. The number of Topliss-reactive ketones (excluding diaryl/α,β-unsaturated/α-hetero) is 2. The normalized spacial score (nSPS) is 10.6. The molecule has 0 spiro atoms. The Morgan fingerprint density at radius 3 is 1.47 bits per heavy atom. The van der Waals surface area contributed by atoms with Crippen molar-refractivity contribution in [3.8, 4) is 0 Å². The van der Waals surface area contributed by atoms with Gasteiger partial charge in [-0.1, -0.05) is 24.3 Å². The molecular weight excluding hydrogens is 392 g/mol. The van der Waals surface area contributed by atoms with Gasteiger partial charge in [0.25, 0.3) is 0 Å². The second-order valence-electron chi connectivity index (χ2n) is 6.26. The average molecular weight is 412 g/mol. The summed E-state index contributed by atoms with van der Waals surface area (Å²) >= 11 is 0. The number of carbonyl (C=O) groups is 2. The van der Waals surface area contributed by atoms with Crippen molar-refractivity contribution >= 4 is 34.3 Å². The van der Waals surface area contributed by atoms with Gasteiger partial charge in [0, 0.05) is 13.1 Å². The molecule has 2 rings (SSSR count). The highest BCUT2D eigenvalue weighted by molar-refractivity contribution is 6.01. The lowest BCUT2D eigenvalue weighted by Crippen LogP contribution is -2.08. The van der Waals surface area contributed by atoms with Crippen molar-refractivity contribution in [2.75, 3.05) is 23.7 Å². The van der Waals surface area contributed by atoms with Crippen molar-refractivity contribution in [1.82, 2.24) is 0 Å². The number of hydrogen-bond acceptors (Lipinski definition) is 8. The van der Waals surface area contributed by atoms with Gasteiger partial charge in [0.15, 0.2) is 11.6 Å². The maximum absolute atomic E-state index is 11.6. The smallest absolute Gasteiger partial charge is 0.303 e. The number of nitro benzene ring substituents is 2. The number of nitrogens with one attached hydrogen (secondary N) is 2. The van der Waals surface area contributed by atoms with Gasteiger partial charge in [-0.3, -0.25) is 29.8 Å². The number of ketones is 2. The summed E-state index contributed by atoms with van der Waals surface area (Å²) in [5, 5.41) is 28.4. The molecule has 2 N–H and O–H groups in total. The fourth-order valence-corrected chi connectivity index (χ4v) is 2.84. The van der Waals surface area contributed by atoms with Crippen LogP contribution in [0.3, 0.4) is 0 Å². The van der Waals surface area contributed by atoms with Gasteiger partial charge in [0.1, 0.15) is 11.4 Å². The van der Waals surface area contributed by atoms with E-state index in [9.17, 15) is 29.8 Å². The fourth-order valence-electron chi connectivity index (χ4n) is 2.84. The lowest BCUT2D eigenvalue weighted by Gasteiger charge is -2.08. The van der Waals surface area contributed by atoms with Crippen molar-refractivity contribution in [2.24, 2.45) is 0 Å². The van der Waals surface area contributed by atoms with Gasteiger partial charge in [0.2, 0.25) is 0 Å². The molecule has 0 unspecified atom stereocenters. The third-order valence-corrected chi connectivity index (χ3v) is 4.18. The maximum atomic E-state index is 11.6. The second kappa shape index (κ2) is 9.92. The Hall–Kier alpha value is -4.08. The molecule has 10 nitrogen and oxygen atoms in total. The van der Waals surface area contributed by atoms with Crippen LogP contribution < -0.4 is 10.6 Å². The molecule has 10 heteroatoms. The van der Waals surface area contributed by atoms with E-state index in [0.717, 1.165) is 0 Å². The maximum Gasteiger partial charge on any atom is 0.303 e. The molecule has 0 fully saturated rings. The Kier molecular flexibility index (Phi) is 7.34. The number of nitro groups is 2. The third kappa shape index (κ3) is 5.25. The number of anilines is 2. The lowest BCUT2D eigenvalue weighted by molar-refractivity contribution is -0.384. The average Bonchev–Trinajstić information content (AvgIpc) is 2.69. The minimum Gasteiger partial charge on any atom is -0.376 e. The largest absolute Gasteiger partial charge is 0.376 e. The molecule has 0 aliphatic carbocycles. The number of nitrogens with zero attached hydrogens (tertiary/aromatic N) is 2. The van der Waals surface area contributed by atoms with Crippen LogP contribution in [-0.2, 0) is 0 Å². The van der Waals surface area contributed by atoms with Crippen LogP contribution in [0.4, 0.5) is 22.7 Å². The molecule has 0 saturated carbocycles. The first-order valence-electron chi connectivity index (χ1n) is 8.93. The van der Waals surface area contributed by atoms with Crippen molar-refractivity contribution in [1.29, 1.82) is 0 Å². The molecule has 0 radical (unpaired) electrons. The van der Waals surface area contributed by atoms with Crippen molar-refractivity contribution in [3.05, 3.63) is 79.9 Å². The van der Waals surface area contributed by atoms with Gasteiger partial charge in [-0.15, -0.1) is 0 Å². The van der Waals surface area contributed by atoms with Crippen molar-refractivity contribution in [3.63, 3.8) is 0 Å². The van der Waals surface area contributed by atoms with Crippen LogP contribution in [0.15, 0.2) is 48.6 Å². The Morgan fingerprint density at radius 1 is 0.800 bits per heavy atom. The van der Waals surface area contributed by atoms with Gasteiger partial charge in [-0.2, -0.15) is 0 Å². The van der Waals surface area contributed by atoms with Crippen LogP contribution in [0.25, 0.3) is 0 Å². The van der Waals surface area contributed by atoms with Gasteiger partial charge in [-0.25, -0.2) is 0 Å². The van der Waals surface area contributed by atoms with Crippen LogP contribution in [-0.4, -0.2) is 34.5 Å². The van der Waals surface area contributed by atoms with E-state index in [0.29, 0.717) is 0 Å². The van der Waals surface area contributed by atoms with Crippen LogP contribution in [0.5, 0.6) is 0 Å². The van der Waals surface area contributed by atoms with Crippen LogP contribution in [0.1, 0.15) is 34.6 Å². The van der Waals surface area contributed by atoms with E-state index in [1.807, 2.05) is 0 Å². The zero-order chi connectivity index (χ0) is 22.3. The second-order valence-corrected chi connectivity index (χ2v) is 6.26. The molecule has 0 amide bonds. The lowest BCUT2D eigenvalue weighted by atomic mass is 10.1. The van der Waals surface area contributed by atoms with E-state index in [4.69, 9.17) is 0 Å². The summed E-state index contributed by atoms with van der Waals surface area (Å²) in [7, 11) is 0. The van der Waals surface area contributed by atoms with Crippen molar-refractivity contribution < 1.29 is 19.4 Å². The van der Waals surface area contributed by atoms with Gasteiger partial charge in [0.05, 0.1) is 21.0 Å². The fraction of sp³-hybridized carbons (Fsp3) is 0.200. The molecule has 0 bridgehead atoms. The summed E-state index contributed by atoms with van der Waals surface area (Å²) in [5.41, 5.74) is -0.0896. The molecule has 156 valence electrons. The highest BCUT2D eigenvalue weighted by Crippen LogP contribution is 2.29. The van der Waals surface area contributed by atoms with E-state index >= 15 is 0 Å². The zero-order valence-corrected chi connectivity index (χ0v) is 16.4. The van der Waals surface area contributed by atoms with E-state index in [1.165, 1.54) is 38.1 Å². The number of carbonyl (C=O) groups excluding carboxylic acids is 2. The van der Waals surface area contributed by atoms with E-state index < -0.39 is 21.4 Å². The highest BCUT2D eigenvalue weighted by Gasteiger charge is 2.22. The molecule has 30 heavy (non-hydrogen) atoms. The Morgan fingerprint density at radius 2 is 1.17 bits per heavy atom. The van der Waals surface area contributed by atoms with Crippen molar-refractivity contribution in [2.45, 2.75) is 13.8 Å². The standard InChI is InChI=1S/C20H20N4O6/c1-13(25)15-7-5-9-17(19(15)23(27)28)21-11-3-4-12-22-18-10-6-8-16(14(2)26)20(18)24(29)30/h3-10,21-22H,11-12H2,1-2H3/b4-3+. The predicted molar refractivity (Wildman–Crippen MR) is 112 cm³/mol. The summed E-state index contributed by atoms with van der Waals surface area (Å²) in [6.45, 7) is 2.99.